The van der Waals surface area contributed by atoms with Crippen molar-refractivity contribution >= 4 is 0 Å². The summed E-state index contributed by atoms with van der Waals surface area (Å²) in [5.74, 6) is -0.105. The molecule has 0 aromatic carbocycles. The van der Waals surface area contributed by atoms with Crippen LogP contribution in [0.15, 0.2) is 17.1 Å². The van der Waals surface area contributed by atoms with E-state index in [4.69, 9.17) is 9.84 Å². The van der Waals surface area contributed by atoms with Crippen LogP contribution in [0.3, 0.4) is 0 Å². The summed E-state index contributed by atoms with van der Waals surface area (Å²) in [5.41, 5.74) is -0.522. The van der Waals surface area contributed by atoms with Crippen LogP contribution in [0.5, 0.6) is 11.6 Å². The summed E-state index contributed by atoms with van der Waals surface area (Å²) in [7, 11) is 0. The maximum absolute atomic E-state index is 11.9. The van der Waals surface area contributed by atoms with Crippen LogP contribution >= 0.6 is 0 Å². The number of alkyl halides is 3. The first-order chi connectivity index (χ1) is 9.38. The second kappa shape index (κ2) is 7.81. The average molecular weight is 293 g/mol. The number of halogens is 3. The molecule has 0 saturated heterocycles. The topological polar surface area (TPSA) is 62.3 Å². The molecule has 0 unspecified atom stereocenters. The Labute approximate surface area is 114 Å². The zero-order chi connectivity index (χ0) is 15.0. The van der Waals surface area contributed by atoms with Crippen molar-refractivity contribution in [2.24, 2.45) is 0 Å². The van der Waals surface area contributed by atoms with E-state index < -0.39 is 18.0 Å². The maximum atomic E-state index is 11.9. The number of ether oxygens (including phenoxy) is 1. The molecular formula is C13H18F3NO3. The van der Waals surface area contributed by atoms with E-state index in [1.54, 1.807) is 0 Å². The number of pyridine rings is 1. The number of aromatic nitrogens is 1. The van der Waals surface area contributed by atoms with Crippen LogP contribution in [0.2, 0.25) is 0 Å². The molecule has 1 aromatic rings. The second-order valence-electron chi connectivity index (χ2n) is 4.53. The van der Waals surface area contributed by atoms with Gasteiger partial charge in [0.15, 0.2) is 11.6 Å². The zero-order valence-electron chi connectivity index (χ0n) is 11.0. The number of rotatable bonds is 8. The molecule has 1 heterocycles. The lowest BCUT2D eigenvalue weighted by Gasteiger charge is -2.07. The maximum Gasteiger partial charge on any atom is 0.389 e. The Morgan fingerprint density at radius 1 is 1.15 bits per heavy atom. The smallest absolute Gasteiger partial charge is 0.389 e. The van der Waals surface area contributed by atoms with Crippen molar-refractivity contribution in [1.82, 2.24) is 4.98 Å². The molecule has 1 aromatic heterocycles. The van der Waals surface area contributed by atoms with Gasteiger partial charge in [0.1, 0.15) is 0 Å². The van der Waals surface area contributed by atoms with E-state index in [9.17, 15) is 18.0 Å². The van der Waals surface area contributed by atoms with Gasteiger partial charge in [0, 0.05) is 18.7 Å². The van der Waals surface area contributed by atoms with Crippen LogP contribution in [-0.4, -0.2) is 22.9 Å². The van der Waals surface area contributed by atoms with Crippen LogP contribution < -0.4 is 10.2 Å². The summed E-state index contributed by atoms with van der Waals surface area (Å²) in [6, 6.07) is 1.15. The summed E-state index contributed by atoms with van der Waals surface area (Å²) in [6.45, 7) is 0.375. The molecule has 0 radical (unpaired) electrons. The molecular weight excluding hydrogens is 275 g/mol. The average Bonchev–Trinajstić information content (AvgIpc) is 2.35. The van der Waals surface area contributed by atoms with E-state index in [1.807, 2.05) is 0 Å². The van der Waals surface area contributed by atoms with Gasteiger partial charge in [-0.25, -0.2) is 0 Å². The Bertz CT molecular complexity index is 457. The van der Waals surface area contributed by atoms with Gasteiger partial charge in [-0.15, -0.1) is 0 Å². The molecule has 0 aliphatic carbocycles. The highest BCUT2D eigenvalue weighted by atomic mass is 19.4. The Balaban J connectivity index is 2.05. The largest absolute Gasteiger partial charge is 0.503 e. The lowest BCUT2D eigenvalue weighted by atomic mass is 10.1. The van der Waals surface area contributed by atoms with Crippen molar-refractivity contribution in [2.45, 2.75) is 44.7 Å². The lowest BCUT2D eigenvalue weighted by Crippen LogP contribution is -2.06. The SMILES string of the molecule is O=c1cc(OCCCCCCCC(F)(F)F)[nH]cc1O. The third-order valence-electron chi connectivity index (χ3n) is 2.73. The molecule has 2 N–H and O–H groups in total. The fourth-order valence-electron chi connectivity index (χ4n) is 1.67. The third-order valence-corrected chi connectivity index (χ3v) is 2.73. The predicted octanol–water partition coefficient (Wildman–Crippen LogP) is 3.36. The second-order valence-corrected chi connectivity index (χ2v) is 4.53. The molecule has 114 valence electrons. The highest BCUT2D eigenvalue weighted by Crippen LogP contribution is 2.23. The molecule has 0 atom stereocenters. The van der Waals surface area contributed by atoms with Crippen molar-refractivity contribution in [3.63, 3.8) is 0 Å². The van der Waals surface area contributed by atoms with Gasteiger partial charge >= 0.3 is 6.18 Å². The lowest BCUT2D eigenvalue weighted by molar-refractivity contribution is -0.135. The van der Waals surface area contributed by atoms with Crippen LogP contribution in [0, 0.1) is 0 Å². The number of H-pyrrole nitrogens is 1. The van der Waals surface area contributed by atoms with E-state index in [0.717, 1.165) is 25.1 Å². The van der Waals surface area contributed by atoms with Crippen LogP contribution in [0.1, 0.15) is 38.5 Å². The normalized spacial score (nSPS) is 11.6. The Kier molecular flexibility index (Phi) is 6.41. The van der Waals surface area contributed by atoms with Crippen molar-refractivity contribution in [3.8, 4) is 11.6 Å². The number of nitrogens with one attached hydrogen (secondary N) is 1. The Morgan fingerprint density at radius 2 is 1.80 bits per heavy atom. The highest BCUT2D eigenvalue weighted by Gasteiger charge is 2.25. The van der Waals surface area contributed by atoms with Gasteiger partial charge in [-0.05, 0) is 12.8 Å². The van der Waals surface area contributed by atoms with Gasteiger partial charge in [0.25, 0.3) is 0 Å². The van der Waals surface area contributed by atoms with E-state index >= 15 is 0 Å². The van der Waals surface area contributed by atoms with Gasteiger partial charge in [0.2, 0.25) is 5.43 Å². The number of unbranched alkanes of at least 4 members (excludes halogenated alkanes) is 4. The number of aromatic hydroxyl groups is 1. The Hall–Kier alpha value is -1.66. The first-order valence-corrected chi connectivity index (χ1v) is 6.50. The quantitative estimate of drug-likeness (QED) is 0.722. The van der Waals surface area contributed by atoms with E-state index in [0.29, 0.717) is 19.4 Å². The standard InChI is InChI=1S/C13H18F3NO3/c14-13(15,16)6-4-2-1-3-5-7-20-12-8-10(18)11(19)9-17-12/h8-9,19H,1-7H2,(H,17,18). The molecule has 0 aliphatic heterocycles. The van der Waals surface area contributed by atoms with Crippen molar-refractivity contribution in [3.05, 3.63) is 22.5 Å². The molecule has 0 saturated carbocycles. The fourth-order valence-corrected chi connectivity index (χ4v) is 1.67. The first kappa shape index (κ1) is 16.4. The number of aromatic amines is 1. The van der Waals surface area contributed by atoms with Gasteiger partial charge in [-0.2, -0.15) is 13.2 Å². The molecule has 0 spiro atoms. The highest BCUT2D eigenvalue weighted by molar-refractivity contribution is 5.21. The predicted molar refractivity (Wildman–Crippen MR) is 68.0 cm³/mol. The van der Waals surface area contributed by atoms with Crippen molar-refractivity contribution in [2.75, 3.05) is 6.61 Å². The molecule has 0 bridgehead atoms. The summed E-state index contributed by atoms with van der Waals surface area (Å²) in [4.78, 5) is 13.7. The molecule has 1 rings (SSSR count). The Morgan fingerprint density at radius 3 is 2.45 bits per heavy atom. The minimum Gasteiger partial charge on any atom is -0.503 e. The van der Waals surface area contributed by atoms with Gasteiger partial charge in [0.05, 0.1) is 6.61 Å². The summed E-state index contributed by atoms with van der Waals surface area (Å²) >= 11 is 0. The van der Waals surface area contributed by atoms with Crippen molar-refractivity contribution < 1.29 is 23.0 Å². The molecule has 0 aliphatic rings. The summed E-state index contributed by atoms with van der Waals surface area (Å²) in [6.07, 6.45) is -0.716. The number of hydrogen-bond donors (Lipinski definition) is 2. The van der Waals surface area contributed by atoms with Crippen molar-refractivity contribution in [1.29, 1.82) is 0 Å². The summed E-state index contributed by atoms with van der Waals surface area (Å²) < 4.78 is 40.9. The van der Waals surface area contributed by atoms with E-state index in [1.165, 1.54) is 0 Å². The number of hydrogen-bond acceptors (Lipinski definition) is 3. The summed E-state index contributed by atoms with van der Waals surface area (Å²) in [5, 5.41) is 9.01. The minimum absolute atomic E-state index is 0.162. The zero-order valence-corrected chi connectivity index (χ0v) is 11.0. The van der Waals surface area contributed by atoms with E-state index in [-0.39, 0.29) is 18.1 Å². The first-order valence-electron chi connectivity index (χ1n) is 6.50. The van der Waals surface area contributed by atoms with E-state index in [2.05, 4.69) is 4.98 Å². The van der Waals surface area contributed by atoms with Gasteiger partial charge in [-0.3, -0.25) is 4.79 Å². The monoisotopic (exact) mass is 293 g/mol. The molecule has 4 nitrogen and oxygen atoms in total. The minimum atomic E-state index is -4.06. The fraction of sp³-hybridized carbons (Fsp3) is 0.615. The molecule has 0 amide bonds. The molecule has 0 fully saturated rings. The molecule has 7 heteroatoms. The van der Waals surface area contributed by atoms with Crippen LogP contribution in [0.4, 0.5) is 13.2 Å². The van der Waals surface area contributed by atoms with Gasteiger partial charge < -0.3 is 14.8 Å². The third kappa shape index (κ3) is 7.06. The van der Waals surface area contributed by atoms with Crippen LogP contribution in [0.25, 0.3) is 0 Å². The molecule has 20 heavy (non-hydrogen) atoms. The van der Waals surface area contributed by atoms with Gasteiger partial charge in [-0.1, -0.05) is 19.3 Å². The van der Waals surface area contributed by atoms with Crippen LogP contribution in [-0.2, 0) is 0 Å².